The van der Waals surface area contributed by atoms with E-state index >= 15 is 0 Å². The molecule has 0 bridgehead atoms. The molecule has 5 rings (SSSR count). The minimum atomic E-state index is -0.294. The van der Waals surface area contributed by atoms with Gasteiger partial charge in [-0.1, -0.05) is 42.0 Å². The molecule has 2 aliphatic heterocycles. The normalized spacial score (nSPS) is 15.1. The minimum absolute atomic E-state index is 0.0611. The van der Waals surface area contributed by atoms with Gasteiger partial charge < -0.3 is 4.90 Å². The summed E-state index contributed by atoms with van der Waals surface area (Å²) in [6.07, 6.45) is 1.90. The molecule has 5 nitrogen and oxygen atoms in total. The Morgan fingerprint density at radius 3 is 2.39 bits per heavy atom. The van der Waals surface area contributed by atoms with Crippen LogP contribution in [-0.4, -0.2) is 29.2 Å². The third-order valence-electron chi connectivity index (χ3n) is 5.99. The van der Waals surface area contributed by atoms with E-state index < -0.39 is 0 Å². The number of carbonyl (C=O) groups is 3. The summed E-state index contributed by atoms with van der Waals surface area (Å²) in [5, 5.41) is 0. The first-order valence-electron chi connectivity index (χ1n) is 10.5. The van der Waals surface area contributed by atoms with Crippen molar-refractivity contribution in [3.8, 4) is 0 Å². The Balaban J connectivity index is 1.40. The van der Waals surface area contributed by atoms with E-state index in [0.29, 0.717) is 23.2 Å². The van der Waals surface area contributed by atoms with Gasteiger partial charge in [-0.3, -0.25) is 19.3 Å². The number of amides is 3. The summed E-state index contributed by atoms with van der Waals surface area (Å²) in [6.45, 7) is 2.88. The second-order valence-corrected chi connectivity index (χ2v) is 8.13. The summed E-state index contributed by atoms with van der Waals surface area (Å²) in [6, 6.07) is 20.3. The van der Waals surface area contributed by atoms with Crippen LogP contribution in [0.1, 0.15) is 54.2 Å². The molecule has 0 aromatic heterocycles. The van der Waals surface area contributed by atoms with Gasteiger partial charge in [-0.25, -0.2) is 0 Å². The first-order valence-corrected chi connectivity index (χ1v) is 10.5. The molecule has 5 heteroatoms. The number of carbonyl (C=O) groups excluding carboxylic acids is 3. The first-order chi connectivity index (χ1) is 15.0. The predicted octanol–water partition coefficient (Wildman–Crippen LogP) is 4.38. The van der Waals surface area contributed by atoms with Crippen LogP contribution >= 0.6 is 0 Å². The quantitative estimate of drug-likeness (QED) is 0.602. The van der Waals surface area contributed by atoms with Crippen LogP contribution < -0.4 is 4.90 Å². The molecule has 3 aromatic rings. The van der Waals surface area contributed by atoms with Crippen molar-refractivity contribution in [2.45, 2.75) is 26.3 Å². The van der Waals surface area contributed by atoms with Gasteiger partial charge >= 0.3 is 0 Å². The molecule has 0 saturated heterocycles. The molecule has 3 amide bonds. The van der Waals surface area contributed by atoms with Crippen molar-refractivity contribution < 1.29 is 14.4 Å². The maximum atomic E-state index is 13.3. The molecule has 2 heterocycles. The van der Waals surface area contributed by atoms with Gasteiger partial charge in [-0.15, -0.1) is 0 Å². The van der Waals surface area contributed by atoms with E-state index in [2.05, 4.69) is 13.0 Å². The molecule has 0 atom stereocenters. The largest absolute Gasteiger partial charge is 0.308 e. The van der Waals surface area contributed by atoms with E-state index in [4.69, 9.17) is 0 Å². The summed E-state index contributed by atoms with van der Waals surface area (Å²) in [4.78, 5) is 41.7. The number of fused-ring (bicyclic) bond motifs is 2. The van der Waals surface area contributed by atoms with Crippen molar-refractivity contribution >= 4 is 23.4 Å². The zero-order valence-corrected chi connectivity index (χ0v) is 17.3. The second kappa shape index (κ2) is 7.51. The van der Waals surface area contributed by atoms with Gasteiger partial charge in [0.05, 0.1) is 17.7 Å². The molecule has 2 aliphatic rings. The van der Waals surface area contributed by atoms with E-state index in [-0.39, 0.29) is 24.3 Å². The van der Waals surface area contributed by atoms with Crippen molar-refractivity contribution in [2.75, 3.05) is 11.4 Å². The molecule has 0 saturated carbocycles. The fourth-order valence-electron chi connectivity index (χ4n) is 4.46. The molecule has 31 heavy (non-hydrogen) atoms. The molecule has 3 aromatic carbocycles. The molecule has 0 unspecified atom stereocenters. The van der Waals surface area contributed by atoms with Gasteiger partial charge in [0.2, 0.25) is 0 Å². The standard InChI is InChI=1S/C26H22N2O3/c1-17-11-12-23-19(14-17)8-5-13-27(23)24(29)20-7-4-6-18(15-20)16-28-25(30)21-9-2-3-10-22(21)26(28)31/h2-4,6-7,9-12,14-15H,5,8,13,16H2,1H3. The van der Waals surface area contributed by atoms with Crippen LogP contribution in [-0.2, 0) is 13.0 Å². The highest BCUT2D eigenvalue weighted by Crippen LogP contribution is 2.30. The van der Waals surface area contributed by atoms with E-state index in [1.165, 1.54) is 16.0 Å². The molecule has 0 aliphatic carbocycles. The van der Waals surface area contributed by atoms with Crippen LogP contribution in [0.5, 0.6) is 0 Å². The fourth-order valence-corrected chi connectivity index (χ4v) is 4.46. The molecular weight excluding hydrogens is 388 g/mol. The van der Waals surface area contributed by atoms with Crippen LogP contribution in [0, 0.1) is 6.92 Å². The number of aryl methyl sites for hydroxylation is 2. The molecular formula is C26H22N2O3. The summed E-state index contributed by atoms with van der Waals surface area (Å²) < 4.78 is 0. The SMILES string of the molecule is Cc1ccc2c(c1)CCCN2C(=O)c1cccc(CN2C(=O)c3ccccc3C2=O)c1. The first kappa shape index (κ1) is 19.2. The summed E-state index contributed by atoms with van der Waals surface area (Å²) in [5.41, 5.74) is 5.52. The summed E-state index contributed by atoms with van der Waals surface area (Å²) in [5.74, 6) is -0.649. The minimum Gasteiger partial charge on any atom is -0.308 e. The zero-order chi connectivity index (χ0) is 21.5. The Kier molecular flexibility index (Phi) is 4.66. The van der Waals surface area contributed by atoms with Crippen LogP contribution in [0.3, 0.4) is 0 Å². The lowest BCUT2D eigenvalue weighted by Crippen LogP contribution is -2.35. The smallest absolute Gasteiger partial charge is 0.261 e. The van der Waals surface area contributed by atoms with Gasteiger partial charge in [0.15, 0.2) is 0 Å². The Hall–Kier alpha value is -3.73. The lowest BCUT2D eigenvalue weighted by atomic mass is 9.98. The summed E-state index contributed by atoms with van der Waals surface area (Å²) in [7, 11) is 0. The molecule has 0 N–H and O–H groups in total. The number of nitrogens with zero attached hydrogens (tertiary/aromatic N) is 2. The van der Waals surface area contributed by atoms with Crippen LogP contribution in [0.15, 0.2) is 66.7 Å². The molecule has 0 radical (unpaired) electrons. The maximum Gasteiger partial charge on any atom is 0.261 e. The number of imide groups is 1. The monoisotopic (exact) mass is 410 g/mol. The average Bonchev–Trinajstić information content (AvgIpc) is 3.03. The maximum absolute atomic E-state index is 13.3. The van der Waals surface area contributed by atoms with E-state index in [1.807, 2.05) is 23.1 Å². The van der Waals surface area contributed by atoms with E-state index in [0.717, 1.165) is 24.1 Å². The van der Waals surface area contributed by atoms with E-state index in [9.17, 15) is 14.4 Å². The van der Waals surface area contributed by atoms with Crippen LogP contribution in [0.2, 0.25) is 0 Å². The Labute approximate surface area is 180 Å². The van der Waals surface area contributed by atoms with Crippen LogP contribution in [0.4, 0.5) is 5.69 Å². The Bertz CT molecular complexity index is 1200. The van der Waals surface area contributed by atoms with Gasteiger partial charge in [0.1, 0.15) is 0 Å². The molecule has 0 fully saturated rings. The zero-order valence-electron chi connectivity index (χ0n) is 17.3. The van der Waals surface area contributed by atoms with Crippen LogP contribution in [0.25, 0.3) is 0 Å². The highest BCUT2D eigenvalue weighted by Gasteiger charge is 2.35. The number of hydrogen-bond donors (Lipinski definition) is 0. The van der Waals surface area contributed by atoms with Crippen molar-refractivity contribution in [2.24, 2.45) is 0 Å². The van der Waals surface area contributed by atoms with E-state index in [1.54, 1.807) is 42.5 Å². The van der Waals surface area contributed by atoms with Gasteiger partial charge in [-0.2, -0.15) is 0 Å². The predicted molar refractivity (Wildman–Crippen MR) is 118 cm³/mol. The van der Waals surface area contributed by atoms with Crippen molar-refractivity contribution in [1.82, 2.24) is 4.90 Å². The highest BCUT2D eigenvalue weighted by molar-refractivity contribution is 6.21. The molecule has 154 valence electrons. The topological polar surface area (TPSA) is 57.7 Å². The van der Waals surface area contributed by atoms with Crippen molar-refractivity contribution in [3.05, 3.63) is 100 Å². The highest BCUT2D eigenvalue weighted by atomic mass is 16.2. The fraction of sp³-hybridized carbons (Fsp3) is 0.192. The van der Waals surface area contributed by atoms with Gasteiger partial charge in [0.25, 0.3) is 17.7 Å². The van der Waals surface area contributed by atoms with Gasteiger partial charge in [0, 0.05) is 17.8 Å². The number of rotatable bonds is 3. The Morgan fingerprint density at radius 2 is 1.65 bits per heavy atom. The number of hydrogen-bond acceptors (Lipinski definition) is 3. The molecule has 0 spiro atoms. The number of benzene rings is 3. The van der Waals surface area contributed by atoms with Gasteiger partial charge in [-0.05, 0) is 61.2 Å². The lowest BCUT2D eigenvalue weighted by Gasteiger charge is -2.30. The third kappa shape index (κ3) is 3.32. The summed E-state index contributed by atoms with van der Waals surface area (Å²) >= 11 is 0. The third-order valence-corrected chi connectivity index (χ3v) is 5.99. The second-order valence-electron chi connectivity index (χ2n) is 8.13. The number of anilines is 1. The average molecular weight is 410 g/mol. The lowest BCUT2D eigenvalue weighted by molar-refractivity contribution is 0.0642. The Morgan fingerprint density at radius 1 is 0.903 bits per heavy atom. The van der Waals surface area contributed by atoms with Crippen molar-refractivity contribution in [1.29, 1.82) is 0 Å². The van der Waals surface area contributed by atoms with Crippen molar-refractivity contribution in [3.63, 3.8) is 0 Å².